The average Bonchev–Trinajstić information content (AvgIpc) is 3.35. The number of nitrogens with zero attached hydrogens (tertiary/aromatic N) is 1. The summed E-state index contributed by atoms with van der Waals surface area (Å²) < 4.78 is 2.64. The Balaban J connectivity index is 1.59. The van der Waals surface area contributed by atoms with Crippen LogP contribution >= 0.6 is 11.3 Å². The maximum absolute atomic E-state index is 4.64. The molecule has 2 heteroatoms. The molecule has 37 heavy (non-hydrogen) atoms. The van der Waals surface area contributed by atoms with Crippen molar-refractivity contribution in [2.45, 2.75) is 0 Å². The van der Waals surface area contributed by atoms with Crippen molar-refractivity contribution in [1.29, 1.82) is 0 Å². The van der Waals surface area contributed by atoms with E-state index in [1.54, 1.807) is 0 Å². The summed E-state index contributed by atoms with van der Waals surface area (Å²) >= 11 is 1.87. The van der Waals surface area contributed by atoms with Crippen LogP contribution in [0.1, 0.15) is 0 Å². The van der Waals surface area contributed by atoms with Crippen LogP contribution in [0.15, 0.2) is 128 Å². The Labute approximate surface area is 218 Å². The first-order valence-electron chi connectivity index (χ1n) is 12.6. The molecule has 0 saturated heterocycles. The molecule has 0 bridgehead atoms. The van der Waals surface area contributed by atoms with E-state index in [1.807, 2.05) is 17.5 Å². The molecule has 0 spiro atoms. The van der Waals surface area contributed by atoms with E-state index in [0.717, 1.165) is 0 Å². The standard InChI is InChI=1S/C35H21NS/c1-2-11-23-22(9-1)10-7-15-24(23)33-25-12-3-4-13-26(25)34(30-21-36-20-19-27(30)33)29-16-8-18-32-35(29)28-14-5-6-17-31(28)37-32/h1-21H. The molecule has 0 fully saturated rings. The van der Waals surface area contributed by atoms with E-state index in [-0.39, 0.29) is 0 Å². The Morgan fingerprint density at radius 3 is 1.89 bits per heavy atom. The SMILES string of the molecule is c1ccc2c(-c3c4ccccc4c(-c4cccc5sc6ccccc6c45)c4cnccc34)cccc2c1. The number of aromatic nitrogens is 1. The highest BCUT2D eigenvalue weighted by molar-refractivity contribution is 7.25. The monoisotopic (exact) mass is 487 g/mol. The van der Waals surface area contributed by atoms with Gasteiger partial charge in [0.05, 0.1) is 0 Å². The number of hydrogen-bond acceptors (Lipinski definition) is 2. The van der Waals surface area contributed by atoms with Gasteiger partial charge in [-0.25, -0.2) is 0 Å². The van der Waals surface area contributed by atoms with Crippen LogP contribution in [0.5, 0.6) is 0 Å². The number of fused-ring (bicyclic) bond motifs is 6. The minimum Gasteiger partial charge on any atom is -0.264 e. The molecular formula is C35H21NS. The lowest BCUT2D eigenvalue weighted by atomic mass is 9.84. The van der Waals surface area contributed by atoms with Gasteiger partial charge in [0.15, 0.2) is 0 Å². The lowest BCUT2D eigenvalue weighted by molar-refractivity contribution is 1.37. The quantitative estimate of drug-likeness (QED) is 0.221. The molecule has 2 aromatic heterocycles. The van der Waals surface area contributed by atoms with Gasteiger partial charge in [-0.2, -0.15) is 0 Å². The third kappa shape index (κ3) is 3.00. The molecule has 172 valence electrons. The Morgan fingerprint density at radius 1 is 0.432 bits per heavy atom. The van der Waals surface area contributed by atoms with Crippen molar-refractivity contribution in [3.63, 3.8) is 0 Å². The molecule has 0 amide bonds. The van der Waals surface area contributed by atoms with Gasteiger partial charge in [-0.3, -0.25) is 4.98 Å². The van der Waals surface area contributed by atoms with Gasteiger partial charge < -0.3 is 0 Å². The number of rotatable bonds is 2. The summed E-state index contributed by atoms with van der Waals surface area (Å²) in [5, 5.41) is 10.1. The first-order chi connectivity index (χ1) is 18.4. The van der Waals surface area contributed by atoms with Crippen molar-refractivity contribution in [3.8, 4) is 22.3 Å². The molecule has 8 aromatic rings. The van der Waals surface area contributed by atoms with Crippen LogP contribution in [0.2, 0.25) is 0 Å². The molecule has 2 heterocycles. The van der Waals surface area contributed by atoms with E-state index in [0.29, 0.717) is 0 Å². The van der Waals surface area contributed by atoms with Crippen molar-refractivity contribution in [1.82, 2.24) is 4.98 Å². The summed E-state index contributed by atoms with van der Waals surface area (Å²) in [7, 11) is 0. The van der Waals surface area contributed by atoms with Crippen LogP contribution in [0.25, 0.3) is 74.7 Å². The van der Waals surface area contributed by atoms with Crippen molar-refractivity contribution in [2.75, 3.05) is 0 Å². The third-order valence-electron chi connectivity index (χ3n) is 7.56. The van der Waals surface area contributed by atoms with Crippen molar-refractivity contribution in [3.05, 3.63) is 128 Å². The van der Waals surface area contributed by atoms with Crippen LogP contribution in [-0.4, -0.2) is 4.98 Å². The fourth-order valence-corrected chi connectivity index (χ4v) is 7.16. The average molecular weight is 488 g/mol. The molecule has 0 atom stereocenters. The first-order valence-corrected chi connectivity index (χ1v) is 13.4. The van der Waals surface area contributed by atoms with Crippen LogP contribution in [0, 0.1) is 0 Å². The van der Waals surface area contributed by atoms with Crippen LogP contribution in [0.4, 0.5) is 0 Å². The van der Waals surface area contributed by atoms with E-state index in [4.69, 9.17) is 0 Å². The molecule has 0 radical (unpaired) electrons. The Morgan fingerprint density at radius 2 is 1.03 bits per heavy atom. The molecule has 6 aromatic carbocycles. The van der Waals surface area contributed by atoms with Gasteiger partial charge >= 0.3 is 0 Å². The van der Waals surface area contributed by atoms with Gasteiger partial charge in [0.2, 0.25) is 0 Å². The predicted octanol–water partition coefficient (Wildman–Crippen LogP) is 10.2. The van der Waals surface area contributed by atoms with E-state index < -0.39 is 0 Å². The predicted molar refractivity (Wildman–Crippen MR) is 161 cm³/mol. The Kier molecular flexibility index (Phi) is 4.46. The van der Waals surface area contributed by atoms with E-state index in [1.165, 1.54) is 74.7 Å². The zero-order valence-corrected chi connectivity index (χ0v) is 20.8. The van der Waals surface area contributed by atoms with Gasteiger partial charge in [-0.15, -0.1) is 11.3 Å². The van der Waals surface area contributed by atoms with Gasteiger partial charge in [-0.05, 0) is 67.4 Å². The smallest absolute Gasteiger partial charge is 0.0361 e. The zero-order valence-electron chi connectivity index (χ0n) is 20.0. The topological polar surface area (TPSA) is 12.9 Å². The normalized spacial score (nSPS) is 11.8. The molecule has 0 saturated carbocycles. The zero-order chi connectivity index (χ0) is 24.3. The molecule has 0 aliphatic rings. The fraction of sp³-hybridized carbons (Fsp3) is 0. The van der Waals surface area contributed by atoms with E-state index in [9.17, 15) is 0 Å². The number of benzene rings is 6. The number of hydrogen-bond donors (Lipinski definition) is 0. The maximum Gasteiger partial charge on any atom is 0.0361 e. The highest BCUT2D eigenvalue weighted by atomic mass is 32.1. The lowest BCUT2D eigenvalue weighted by Gasteiger charge is -2.19. The highest BCUT2D eigenvalue weighted by Gasteiger charge is 2.20. The summed E-state index contributed by atoms with van der Waals surface area (Å²) in [6.45, 7) is 0. The third-order valence-corrected chi connectivity index (χ3v) is 8.69. The Bertz CT molecular complexity index is 2090. The Hall–Kier alpha value is -4.53. The second-order valence-electron chi connectivity index (χ2n) is 9.52. The summed E-state index contributed by atoms with van der Waals surface area (Å²) in [6, 6.07) is 41.9. The largest absolute Gasteiger partial charge is 0.264 e. The van der Waals surface area contributed by atoms with Gasteiger partial charge in [0.1, 0.15) is 0 Å². The van der Waals surface area contributed by atoms with Crippen molar-refractivity contribution < 1.29 is 0 Å². The molecule has 0 aliphatic carbocycles. The van der Waals surface area contributed by atoms with E-state index >= 15 is 0 Å². The second kappa shape index (κ2) is 7.99. The van der Waals surface area contributed by atoms with Crippen molar-refractivity contribution >= 4 is 63.8 Å². The van der Waals surface area contributed by atoms with Gasteiger partial charge in [-0.1, -0.05) is 97.1 Å². The molecule has 0 N–H and O–H groups in total. The molecule has 0 unspecified atom stereocenters. The fourth-order valence-electron chi connectivity index (χ4n) is 6.03. The van der Waals surface area contributed by atoms with Crippen LogP contribution < -0.4 is 0 Å². The molecule has 1 nitrogen and oxygen atoms in total. The van der Waals surface area contributed by atoms with E-state index in [2.05, 4.69) is 126 Å². The van der Waals surface area contributed by atoms with Crippen LogP contribution in [-0.2, 0) is 0 Å². The minimum atomic E-state index is 1.19. The van der Waals surface area contributed by atoms with Gasteiger partial charge in [0.25, 0.3) is 0 Å². The van der Waals surface area contributed by atoms with Crippen molar-refractivity contribution in [2.24, 2.45) is 0 Å². The molecule has 0 aliphatic heterocycles. The molecule has 8 rings (SSSR count). The summed E-state index contributed by atoms with van der Waals surface area (Å²) in [6.07, 6.45) is 3.98. The minimum absolute atomic E-state index is 1.19. The summed E-state index contributed by atoms with van der Waals surface area (Å²) in [5.41, 5.74) is 5.07. The lowest BCUT2D eigenvalue weighted by Crippen LogP contribution is -1.92. The summed E-state index contributed by atoms with van der Waals surface area (Å²) in [5.74, 6) is 0. The number of thiophene rings is 1. The first kappa shape index (κ1) is 20.6. The molecular weight excluding hydrogens is 466 g/mol. The highest BCUT2D eigenvalue weighted by Crippen LogP contribution is 2.48. The second-order valence-corrected chi connectivity index (χ2v) is 10.6. The number of pyridine rings is 1. The maximum atomic E-state index is 4.64. The van der Waals surface area contributed by atoms with Gasteiger partial charge in [0, 0.05) is 38.0 Å². The summed E-state index contributed by atoms with van der Waals surface area (Å²) in [4.78, 5) is 4.64. The van der Waals surface area contributed by atoms with Crippen LogP contribution in [0.3, 0.4) is 0 Å².